The fourth-order valence-electron chi connectivity index (χ4n) is 2.52. The highest BCUT2D eigenvalue weighted by Crippen LogP contribution is 2.30. The minimum atomic E-state index is -0.0565. The number of nitrogens with zero attached hydrogens (tertiary/aromatic N) is 1. The molecule has 92 valence electrons. The van der Waals surface area contributed by atoms with E-state index in [1.54, 1.807) is 12.1 Å². The topological polar surface area (TPSA) is 33.5 Å². The van der Waals surface area contributed by atoms with Crippen molar-refractivity contribution in [2.75, 3.05) is 11.4 Å². The van der Waals surface area contributed by atoms with Crippen molar-refractivity contribution in [2.24, 2.45) is 5.92 Å². The molecule has 1 aromatic carbocycles. The van der Waals surface area contributed by atoms with Crippen LogP contribution in [0.3, 0.4) is 0 Å². The van der Waals surface area contributed by atoms with Gasteiger partial charge in [0.25, 0.3) is 5.91 Å². The Morgan fingerprint density at radius 1 is 1.28 bits per heavy atom. The number of anilines is 1. The van der Waals surface area contributed by atoms with Crippen molar-refractivity contribution in [3.63, 3.8) is 0 Å². The number of furan rings is 1. The molecule has 0 saturated carbocycles. The van der Waals surface area contributed by atoms with E-state index in [9.17, 15) is 4.79 Å². The molecule has 1 aromatic heterocycles. The van der Waals surface area contributed by atoms with Crippen molar-refractivity contribution < 1.29 is 9.21 Å². The van der Waals surface area contributed by atoms with Crippen LogP contribution in [0.4, 0.5) is 5.69 Å². The lowest BCUT2D eigenvalue weighted by molar-refractivity contribution is 0.0954. The summed E-state index contributed by atoms with van der Waals surface area (Å²) in [7, 11) is 0. The maximum atomic E-state index is 12.4. The molecule has 1 unspecified atom stereocenters. The highest BCUT2D eigenvalue weighted by Gasteiger charge is 2.27. The zero-order valence-electron chi connectivity index (χ0n) is 10.3. The lowest BCUT2D eigenvalue weighted by Gasteiger charge is -2.32. The van der Waals surface area contributed by atoms with Crippen molar-refractivity contribution in [2.45, 2.75) is 13.3 Å². The zero-order valence-corrected chi connectivity index (χ0v) is 10.3. The summed E-state index contributed by atoms with van der Waals surface area (Å²) in [6, 6.07) is 11.5. The summed E-state index contributed by atoms with van der Waals surface area (Å²) >= 11 is 0. The number of hydrogen-bond donors (Lipinski definition) is 0. The molecule has 0 N–H and O–H groups in total. The lowest BCUT2D eigenvalue weighted by atomic mass is 9.94. The maximum absolute atomic E-state index is 12.4. The number of carbonyl (C=O) groups excluding carboxylic acids is 1. The van der Waals surface area contributed by atoms with Gasteiger partial charge in [-0.2, -0.15) is 0 Å². The summed E-state index contributed by atoms with van der Waals surface area (Å²) in [5, 5.41) is 0. The second kappa shape index (κ2) is 4.33. The van der Waals surface area contributed by atoms with Crippen LogP contribution in [-0.4, -0.2) is 12.5 Å². The summed E-state index contributed by atoms with van der Waals surface area (Å²) in [4.78, 5) is 14.2. The van der Waals surface area contributed by atoms with Crippen LogP contribution in [0.15, 0.2) is 47.1 Å². The molecule has 1 atom stereocenters. The number of hydrogen-bond acceptors (Lipinski definition) is 2. The van der Waals surface area contributed by atoms with Gasteiger partial charge in [-0.1, -0.05) is 25.1 Å². The molecular formula is C15H15NO2. The first-order valence-electron chi connectivity index (χ1n) is 6.19. The Labute approximate surface area is 106 Å². The maximum Gasteiger partial charge on any atom is 0.293 e. The summed E-state index contributed by atoms with van der Waals surface area (Å²) in [6.45, 7) is 2.91. The number of amides is 1. The molecule has 18 heavy (non-hydrogen) atoms. The Hall–Kier alpha value is -2.03. The Bertz CT molecular complexity index is 560. The molecule has 0 aliphatic carbocycles. The van der Waals surface area contributed by atoms with Crippen LogP contribution >= 0.6 is 0 Å². The van der Waals surface area contributed by atoms with Gasteiger partial charge in [0.1, 0.15) is 0 Å². The van der Waals surface area contributed by atoms with Crippen LogP contribution in [0.5, 0.6) is 0 Å². The molecule has 0 spiro atoms. The minimum absolute atomic E-state index is 0.0565. The number of carbonyl (C=O) groups is 1. The van der Waals surface area contributed by atoms with Gasteiger partial charge in [0, 0.05) is 12.2 Å². The summed E-state index contributed by atoms with van der Waals surface area (Å²) in [5.74, 6) is 0.816. The number of rotatable bonds is 1. The van der Waals surface area contributed by atoms with Crippen LogP contribution < -0.4 is 4.90 Å². The van der Waals surface area contributed by atoms with E-state index in [-0.39, 0.29) is 5.91 Å². The van der Waals surface area contributed by atoms with E-state index in [2.05, 4.69) is 13.0 Å². The van der Waals surface area contributed by atoms with Crippen molar-refractivity contribution in [1.82, 2.24) is 0 Å². The Morgan fingerprint density at radius 2 is 2.11 bits per heavy atom. The van der Waals surface area contributed by atoms with Gasteiger partial charge in [-0.25, -0.2) is 0 Å². The van der Waals surface area contributed by atoms with E-state index in [0.29, 0.717) is 11.7 Å². The van der Waals surface area contributed by atoms with E-state index < -0.39 is 0 Å². The summed E-state index contributed by atoms with van der Waals surface area (Å²) in [6.07, 6.45) is 2.56. The van der Waals surface area contributed by atoms with Crippen LogP contribution in [0.1, 0.15) is 23.0 Å². The van der Waals surface area contributed by atoms with E-state index in [4.69, 9.17) is 4.42 Å². The van der Waals surface area contributed by atoms with Crippen molar-refractivity contribution in [3.05, 3.63) is 54.0 Å². The molecule has 1 amide bonds. The SMILES string of the molecule is CC1Cc2ccccc2N(C(=O)c2ccco2)C1. The molecule has 2 aromatic rings. The summed E-state index contributed by atoms with van der Waals surface area (Å²) < 4.78 is 5.21. The number of fused-ring (bicyclic) bond motifs is 1. The largest absolute Gasteiger partial charge is 0.459 e. The Morgan fingerprint density at radius 3 is 2.89 bits per heavy atom. The first kappa shape index (κ1) is 11.1. The van der Waals surface area contributed by atoms with Gasteiger partial charge in [0.15, 0.2) is 5.76 Å². The molecule has 0 radical (unpaired) electrons. The molecule has 1 aliphatic rings. The second-order valence-corrected chi connectivity index (χ2v) is 4.83. The van der Waals surface area contributed by atoms with Crippen LogP contribution in [0, 0.1) is 5.92 Å². The average Bonchev–Trinajstić information content (AvgIpc) is 2.90. The molecule has 1 aliphatic heterocycles. The first-order valence-corrected chi connectivity index (χ1v) is 6.19. The smallest absolute Gasteiger partial charge is 0.293 e. The third-order valence-electron chi connectivity index (χ3n) is 3.32. The zero-order chi connectivity index (χ0) is 12.5. The Kier molecular flexibility index (Phi) is 2.67. The fourth-order valence-corrected chi connectivity index (χ4v) is 2.52. The second-order valence-electron chi connectivity index (χ2n) is 4.83. The monoisotopic (exact) mass is 241 g/mol. The molecular weight excluding hydrogens is 226 g/mol. The van der Waals surface area contributed by atoms with Crippen LogP contribution in [-0.2, 0) is 6.42 Å². The van der Waals surface area contributed by atoms with Crippen molar-refractivity contribution >= 4 is 11.6 Å². The molecule has 3 nitrogen and oxygen atoms in total. The molecule has 3 rings (SSSR count). The van der Waals surface area contributed by atoms with Crippen molar-refractivity contribution in [1.29, 1.82) is 0 Å². The van der Waals surface area contributed by atoms with Gasteiger partial charge in [-0.15, -0.1) is 0 Å². The van der Waals surface area contributed by atoms with Crippen molar-refractivity contribution in [3.8, 4) is 0 Å². The molecule has 0 fully saturated rings. The van der Waals surface area contributed by atoms with E-state index in [1.807, 2.05) is 23.1 Å². The third kappa shape index (κ3) is 1.82. The van der Waals surface area contributed by atoms with E-state index in [0.717, 1.165) is 18.7 Å². The van der Waals surface area contributed by atoms with Gasteiger partial charge < -0.3 is 9.32 Å². The molecule has 3 heteroatoms. The van der Waals surface area contributed by atoms with Gasteiger partial charge in [0.2, 0.25) is 0 Å². The number of para-hydroxylation sites is 1. The Balaban J connectivity index is 2.00. The number of benzene rings is 1. The third-order valence-corrected chi connectivity index (χ3v) is 3.32. The van der Waals surface area contributed by atoms with E-state index in [1.165, 1.54) is 11.8 Å². The molecule has 2 heterocycles. The predicted octanol–water partition coefficient (Wildman–Crippen LogP) is 3.12. The normalized spacial score (nSPS) is 18.5. The van der Waals surface area contributed by atoms with Gasteiger partial charge in [0.05, 0.1) is 6.26 Å². The minimum Gasteiger partial charge on any atom is -0.459 e. The average molecular weight is 241 g/mol. The fraction of sp³-hybridized carbons (Fsp3) is 0.267. The van der Waals surface area contributed by atoms with Gasteiger partial charge in [-0.3, -0.25) is 4.79 Å². The molecule has 0 bridgehead atoms. The lowest BCUT2D eigenvalue weighted by Crippen LogP contribution is -2.39. The van der Waals surface area contributed by atoms with Gasteiger partial charge >= 0.3 is 0 Å². The highest BCUT2D eigenvalue weighted by atomic mass is 16.3. The first-order chi connectivity index (χ1) is 8.75. The standard InChI is InChI=1S/C15H15NO2/c1-11-9-12-5-2-3-6-13(12)16(10-11)15(17)14-7-4-8-18-14/h2-8,11H,9-10H2,1H3. The quantitative estimate of drug-likeness (QED) is 0.768. The molecule has 0 saturated heterocycles. The summed E-state index contributed by atoms with van der Waals surface area (Å²) in [5.41, 5.74) is 2.24. The van der Waals surface area contributed by atoms with Gasteiger partial charge in [-0.05, 0) is 36.1 Å². The van der Waals surface area contributed by atoms with Crippen LogP contribution in [0.25, 0.3) is 0 Å². The predicted molar refractivity (Wildman–Crippen MR) is 69.7 cm³/mol. The van der Waals surface area contributed by atoms with Crippen LogP contribution in [0.2, 0.25) is 0 Å². The van der Waals surface area contributed by atoms with E-state index >= 15 is 0 Å². The highest BCUT2D eigenvalue weighted by molar-refractivity contribution is 6.04.